The lowest BCUT2D eigenvalue weighted by Gasteiger charge is -2.44. The molecule has 2 unspecified atom stereocenters. The molecule has 1 N–H and O–H groups in total. The van der Waals surface area contributed by atoms with Crippen LogP contribution in [0.5, 0.6) is 0 Å². The minimum Gasteiger partial charge on any atom is -0.274 e. The summed E-state index contributed by atoms with van der Waals surface area (Å²) in [6.07, 6.45) is 3.66. The Balaban J connectivity index is 2.77. The van der Waals surface area contributed by atoms with Crippen molar-refractivity contribution in [3.05, 3.63) is 6.92 Å². The molecule has 101 valence electrons. The predicted molar refractivity (Wildman–Crippen MR) is 67.1 cm³/mol. The van der Waals surface area contributed by atoms with Gasteiger partial charge in [0.1, 0.15) is 0 Å². The van der Waals surface area contributed by atoms with Crippen LogP contribution in [0.3, 0.4) is 0 Å². The molecule has 5 nitrogen and oxygen atoms in total. The highest BCUT2D eigenvalue weighted by Gasteiger charge is 2.46. The fraction of sp³-hybridized carbons (Fsp3) is 0.769. The van der Waals surface area contributed by atoms with Gasteiger partial charge in [0.25, 0.3) is 0 Å². The first-order valence-corrected chi connectivity index (χ1v) is 6.14. The van der Waals surface area contributed by atoms with Gasteiger partial charge in [-0.05, 0) is 31.6 Å². The third-order valence-corrected chi connectivity index (χ3v) is 3.74. The predicted octanol–water partition coefficient (Wildman–Crippen LogP) is 1.79. The molecule has 1 saturated carbocycles. The van der Waals surface area contributed by atoms with Crippen molar-refractivity contribution in [3.63, 3.8) is 0 Å². The Morgan fingerprint density at radius 3 is 2.72 bits per heavy atom. The lowest BCUT2D eigenvalue weighted by atomic mass is 9.62. The summed E-state index contributed by atoms with van der Waals surface area (Å²) in [5.74, 6) is -0.132. The quantitative estimate of drug-likeness (QED) is 0.472. The molecule has 0 aromatic heterocycles. The smallest absolute Gasteiger partial charge is 0.249 e. The van der Waals surface area contributed by atoms with Gasteiger partial charge in [-0.1, -0.05) is 20.8 Å². The van der Waals surface area contributed by atoms with Crippen LogP contribution in [-0.4, -0.2) is 24.6 Å². The molecule has 1 fully saturated rings. The third kappa shape index (κ3) is 3.18. The number of hydrogen-bond donors (Lipinski definition) is 1. The van der Waals surface area contributed by atoms with E-state index in [2.05, 4.69) is 17.4 Å². The number of nitrogens with one attached hydrogen (secondary N) is 1. The molecule has 0 aliphatic heterocycles. The summed E-state index contributed by atoms with van der Waals surface area (Å²) >= 11 is 0. The van der Waals surface area contributed by atoms with Gasteiger partial charge >= 0.3 is 0 Å². The fourth-order valence-electron chi connectivity index (χ4n) is 2.79. The molecule has 1 aliphatic carbocycles. The molecule has 0 saturated heterocycles. The van der Waals surface area contributed by atoms with Crippen LogP contribution in [0.2, 0.25) is 0 Å². The van der Waals surface area contributed by atoms with Crippen LogP contribution < -0.4 is 5.48 Å². The highest BCUT2D eigenvalue weighted by atomic mass is 16.6. The molecular weight excluding hydrogens is 232 g/mol. The topological polar surface area (TPSA) is 67.8 Å². The first-order valence-electron chi connectivity index (χ1n) is 6.14. The minimum absolute atomic E-state index is 0.0652. The maximum Gasteiger partial charge on any atom is 0.249 e. The van der Waals surface area contributed by atoms with Gasteiger partial charge in [0.05, 0.1) is 12.6 Å². The molecule has 1 amide bonds. The van der Waals surface area contributed by atoms with E-state index >= 15 is 0 Å². The van der Waals surface area contributed by atoms with E-state index in [0.29, 0.717) is 19.3 Å². The molecule has 5 heteroatoms. The van der Waals surface area contributed by atoms with E-state index in [1.165, 1.54) is 0 Å². The van der Waals surface area contributed by atoms with Crippen LogP contribution in [0.4, 0.5) is 0 Å². The summed E-state index contributed by atoms with van der Waals surface area (Å²) in [4.78, 5) is 31.2. The normalized spacial score (nSPS) is 30.3. The van der Waals surface area contributed by atoms with Crippen LogP contribution in [0.1, 0.15) is 40.0 Å². The molecule has 0 aromatic rings. The Morgan fingerprint density at radius 1 is 1.56 bits per heavy atom. The zero-order valence-corrected chi connectivity index (χ0v) is 11.3. The van der Waals surface area contributed by atoms with Crippen molar-refractivity contribution in [2.45, 2.75) is 46.1 Å². The van der Waals surface area contributed by atoms with E-state index in [9.17, 15) is 9.59 Å². The maximum absolute atomic E-state index is 12.1. The lowest BCUT2D eigenvalue weighted by molar-refractivity contribution is -0.147. The molecule has 0 spiro atoms. The van der Waals surface area contributed by atoms with Gasteiger partial charge in [-0.3, -0.25) is 9.63 Å². The standard InChI is InChI=1S/C13H21N2O3/c1-5-18-15-11(17)13(4)7-6-10(14-9-16)12(2,3)8-13/h10H,1,5-8H2,2-4H3,(H,15,17). The van der Waals surface area contributed by atoms with E-state index in [1.807, 2.05) is 20.8 Å². The van der Waals surface area contributed by atoms with Gasteiger partial charge in [0.2, 0.25) is 12.0 Å². The number of aliphatic imine (C=N–C) groups is 1. The zero-order valence-electron chi connectivity index (χ0n) is 11.3. The Bertz CT molecular complexity index is 361. The van der Waals surface area contributed by atoms with Crippen LogP contribution in [0, 0.1) is 17.8 Å². The van der Waals surface area contributed by atoms with Crippen molar-refractivity contribution in [2.24, 2.45) is 15.8 Å². The second-order valence-electron chi connectivity index (χ2n) is 5.78. The van der Waals surface area contributed by atoms with Crippen molar-refractivity contribution in [3.8, 4) is 0 Å². The molecule has 18 heavy (non-hydrogen) atoms. The van der Waals surface area contributed by atoms with E-state index in [0.717, 1.165) is 0 Å². The highest BCUT2D eigenvalue weighted by molar-refractivity contribution is 5.81. The van der Waals surface area contributed by atoms with Crippen molar-refractivity contribution in [1.29, 1.82) is 0 Å². The Kier molecular flexibility index (Phi) is 4.65. The summed E-state index contributed by atoms with van der Waals surface area (Å²) in [7, 11) is 0. The Labute approximate surface area is 108 Å². The molecule has 1 aliphatic rings. The molecule has 2 atom stereocenters. The lowest BCUT2D eigenvalue weighted by Crippen LogP contribution is -2.48. The number of hydroxylamine groups is 1. The first kappa shape index (κ1) is 14.9. The van der Waals surface area contributed by atoms with Gasteiger partial charge in [0.15, 0.2) is 0 Å². The third-order valence-electron chi connectivity index (χ3n) is 3.74. The van der Waals surface area contributed by atoms with Crippen LogP contribution in [0.25, 0.3) is 0 Å². The number of carbonyl (C=O) groups is 1. The molecular formula is C13H21N2O3. The fourth-order valence-corrected chi connectivity index (χ4v) is 2.79. The zero-order chi connectivity index (χ0) is 13.8. The summed E-state index contributed by atoms with van der Waals surface area (Å²) < 4.78 is 0. The Hall–Kier alpha value is -1.19. The average Bonchev–Trinajstić information content (AvgIpc) is 2.29. The molecule has 0 heterocycles. The van der Waals surface area contributed by atoms with Gasteiger partial charge in [0, 0.05) is 5.41 Å². The van der Waals surface area contributed by atoms with Crippen LogP contribution in [-0.2, 0) is 14.4 Å². The molecule has 1 rings (SSSR count). The van der Waals surface area contributed by atoms with Crippen molar-refractivity contribution in [2.75, 3.05) is 6.61 Å². The number of hydrogen-bond acceptors (Lipinski definition) is 4. The largest absolute Gasteiger partial charge is 0.274 e. The van der Waals surface area contributed by atoms with E-state index in [-0.39, 0.29) is 24.0 Å². The number of carbonyl (C=O) groups excluding carboxylic acids is 2. The number of isocyanates is 1. The van der Waals surface area contributed by atoms with Gasteiger partial charge in [-0.2, -0.15) is 0 Å². The first-order chi connectivity index (χ1) is 8.35. The van der Waals surface area contributed by atoms with Gasteiger partial charge < -0.3 is 0 Å². The second kappa shape index (κ2) is 5.63. The molecule has 0 aromatic carbocycles. The minimum atomic E-state index is -0.492. The summed E-state index contributed by atoms with van der Waals surface area (Å²) in [5, 5.41) is 0. The number of nitrogens with zero attached hydrogens (tertiary/aromatic N) is 1. The van der Waals surface area contributed by atoms with Crippen LogP contribution in [0.15, 0.2) is 4.99 Å². The van der Waals surface area contributed by atoms with Crippen molar-refractivity contribution in [1.82, 2.24) is 5.48 Å². The van der Waals surface area contributed by atoms with Crippen molar-refractivity contribution >= 4 is 12.0 Å². The maximum atomic E-state index is 12.1. The Morgan fingerprint density at radius 2 is 2.22 bits per heavy atom. The number of amides is 1. The van der Waals surface area contributed by atoms with E-state index in [4.69, 9.17) is 4.84 Å². The molecule has 0 bridgehead atoms. The van der Waals surface area contributed by atoms with Crippen molar-refractivity contribution < 1.29 is 14.4 Å². The summed E-state index contributed by atoms with van der Waals surface area (Å²) in [5.41, 5.74) is 1.72. The van der Waals surface area contributed by atoms with Gasteiger partial charge in [-0.15, -0.1) is 0 Å². The second-order valence-corrected chi connectivity index (χ2v) is 5.78. The highest BCUT2D eigenvalue weighted by Crippen LogP contribution is 2.47. The van der Waals surface area contributed by atoms with Crippen LogP contribution >= 0.6 is 0 Å². The average molecular weight is 253 g/mol. The molecule has 1 radical (unpaired) electrons. The SMILES string of the molecule is [CH2]CONC(=O)C1(C)CCC(N=C=O)C(C)(C)C1. The summed E-state index contributed by atoms with van der Waals surface area (Å²) in [6, 6.07) is -0.0652. The van der Waals surface area contributed by atoms with Gasteiger partial charge in [-0.25, -0.2) is 15.3 Å². The monoisotopic (exact) mass is 253 g/mol. The summed E-state index contributed by atoms with van der Waals surface area (Å²) in [6.45, 7) is 9.65. The number of rotatable bonds is 4. The van der Waals surface area contributed by atoms with E-state index < -0.39 is 5.41 Å². The van der Waals surface area contributed by atoms with E-state index in [1.54, 1.807) is 6.08 Å².